The molecule has 0 fully saturated rings. The monoisotopic (exact) mass is 437 g/mol. The lowest BCUT2D eigenvalue weighted by molar-refractivity contribution is 0.102. The molecule has 152 valence electrons. The van der Waals surface area contributed by atoms with Gasteiger partial charge in [0.15, 0.2) is 0 Å². The van der Waals surface area contributed by atoms with Crippen LogP contribution in [0.5, 0.6) is 0 Å². The average Bonchev–Trinajstić information content (AvgIpc) is 3.11. The molecule has 4 rings (SSSR count). The zero-order chi connectivity index (χ0) is 21.1. The predicted molar refractivity (Wildman–Crippen MR) is 117 cm³/mol. The van der Waals surface area contributed by atoms with Crippen molar-refractivity contribution in [1.82, 2.24) is 0 Å². The quantitative estimate of drug-likeness (QED) is 0.612. The van der Waals surface area contributed by atoms with Crippen molar-refractivity contribution in [1.29, 1.82) is 5.26 Å². The number of benzene rings is 2. The van der Waals surface area contributed by atoms with Crippen molar-refractivity contribution >= 4 is 38.0 Å². The summed E-state index contributed by atoms with van der Waals surface area (Å²) in [6, 6.07) is 16.5. The van der Waals surface area contributed by atoms with Crippen LogP contribution in [0.2, 0.25) is 0 Å². The van der Waals surface area contributed by atoms with E-state index in [-0.39, 0.29) is 10.8 Å². The molecule has 6 nitrogen and oxygen atoms in total. The normalized spacial score (nSPS) is 13.2. The van der Waals surface area contributed by atoms with Crippen LogP contribution in [-0.4, -0.2) is 14.3 Å². The minimum Gasteiger partial charge on any atom is -0.312 e. The summed E-state index contributed by atoms with van der Waals surface area (Å²) in [5.41, 5.74) is 2.37. The molecule has 0 aliphatic heterocycles. The molecule has 1 aromatic heterocycles. The highest BCUT2D eigenvalue weighted by molar-refractivity contribution is 7.92. The molecule has 1 heterocycles. The number of carbonyl (C=O) groups is 1. The van der Waals surface area contributed by atoms with Crippen molar-refractivity contribution in [3.63, 3.8) is 0 Å². The van der Waals surface area contributed by atoms with E-state index in [1.807, 2.05) is 0 Å². The van der Waals surface area contributed by atoms with E-state index in [1.54, 1.807) is 42.5 Å². The molecule has 1 aliphatic carbocycles. The summed E-state index contributed by atoms with van der Waals surface area (Å²) in [7, 11) is -3.69. The molecule has 0 atom stereocenters. The van der Waals surface area contributed by atoms with E-state index >= 15 is 0 Å². The van der Waals surface area contributed by atoms with Crippen LogP contribution in [-0.2, 0) is 22.9 Å². The molecule has 2 aromatic carbocycles. The van der Waals surface area contributed by atoms with Crippen molar-refractivity contribution in [3.8, 4) is 6.07 Å². The third-order valence-corrected chi connectivity index (χ3v) is 7.57. The number of nitrogens with one attached hydrogen (secondary N) is 2. The fourth-order valence-corrected chi connectivity index (χ4v) is 5.77. The van der Waals surface area contributed by atoms with Gasteiger partial charge in [-0.15, -0.1) is 11.3 Å². The maximum absolute atomic E-state index is 12.7. The lowest BCUT2D eigenvalue weighted by Gasteiger charge is -2.09. The first-order chi connectivity index (χ1) is 14.5. The zero-order valence-electron chi connectivity index (χ0n) is 16.0. The Morgan fingerprint density at radius 2 is 1.70 bits per heavy atom. The van der Waals surface area contributed by atoms with Crippen molar-refractivity contribution in [2.75, 3.05) is 10.0 Å². The standard InChI is InChI=1S/C22H19N3O3S2/c23-14-19-18-8-4-5-9-20(18)29-22(19)24-21(26)15-10-12-16(13-11-15)25-30(27,28)17-6-2-1-3-7-17/h1-3,6-7,10-13,25H,4-5,8-9H2,(H,24,26). The number of nitrogens with zero attached hydrogens (tertiary/aromatic N) is 1. The molecule has 1 aliphatic rings. The van der Waals surface area contributed by atoms with Crippen LogP contribution in [0.3, 0.4) is 0 Å². The van der Waals surface area contributed by atoms with Crippen LogP contribution < -0.4 is 10.0 Å². The average molecular weight is 438 g/mol. The molecule has 0 saturated carbocycles. The molecule has 8 heteroatoms. The van der Waals surface area contributed by atoms with E-state index in [9.17, 15) is 18.5 Å². The third kappa shape index (κ3) is 4.08. The second-order valence-electron chi connectivity index (χ2n) is 6.98. The molecule has 1 amide bonds. The Labute approximate surface area is 179 Å². The number of anilines is 2. The molecule has 0 saturated heterocycles. The Morgan fingerprint density at radius 1 is 1.00 bits per heavy atom. The summed E-state index contributed by atoms with van der Waals surface area (Å²) in [4.78, 5) is 14.0. The summed E-state index contributed by atoms with van der Waals surface area (Å²) in [6.45, 7) is 0. The van der Waals surface area contributed by atoms with Gasteiger partial charge in [0, 0.05) is 16.1 Å². The lowest BCUT2D eigenvalue weighted by Crippen LogP contribution is -2.14. The number of hydrogen-bond acceptors (Lipinski definition) is 5. The first kappa shape index (κ1) is 20.1. The number of fused-ring (bicyclic) bond motifs is 1. The smallest absolute Gasteiger partial charge is 0.261 e. The topological polar surface area (TPSA) is 99.1 Å². The van der Waals surface area contributed by atoms with Crippen molar-refractivity contribution in [3.05, 3.63) is 76.2 Å². The van der Waals surface area contributed by atoms with Crippen LogP contribution in [0.25, 0.3) is 0 Å². The van der Waals surface area contributed by atoms with Crippen LogP contribution in [0.1, 0.15) is 39.2 Å². The molecule has 30 heavy (non-hydrogen) atoms. The lowest BCUT2D eigenvalue weighted by atomic mass is 9.96. The second kappa shape index (κ2) is 8.30. The van der Waals surface area contributed by atoms with Gasteiger partial charge in [0.2, 0.25) is 0 Å². The molecule has 0 unspecified atom stereocenters. The zero-order valence-corrected chi connectivity index (χ0v) is 17.6. The van der Waals surface area contributed by atoms with E-state index in [0.717, 1.165) is 31.2 Å². The van der Waals surface area contributed by atoms with E-state index in [4.69, 9.17) is 0 Å². The number of thiophene rings is 1. The van der Waals surface area contributed by atoms with Gasteiger partial charge in [-0.2, -0.15) is 5.26 Å². The van der Waals surface area contributed by atoms with Gasteiger partial charge in [-0.1, -0.05) is 18.2 Å². The van der Waals surface area contributed by atoms with E-state index in [2.05, 4.69) is 16.1 Å². The maximum Gasteiger partial charge on any atom is 0.261 e. The largest absolute Gasteiger partial charge is 0.312 e. The minimum atomic E-state index is -3.69. The van der Waals surface area contributed by atoms with Crippen molar-refractivity contribution in [2.45, 2.75) is 30.6 Å². The van der Waals surface area contributed by atoms with Crippen LogP contribution >= 0.6 is 11.3 Å². The molecule has 0 spiro atoms. The first-order valence-corrected chi connectivity index (χ1v) is 11.8. The van der Waals surface area contributed by atoms with Crippen molar-refractivity contribution < 1.29 is 13.2 Å². The molecule has 0 radical (unpaired) electrons. The van der Waals surface area contributed by atoms with Crippen LogP contribution in [0.15, 0.2) is 59.5 Å². The number of hydrogen-bond donors (Lipinski definition) is 2. The van der Waals surface area contributed by atoms with Gasteiger partial charge in [0.05, 0.1) is 10.5 Å². The number of carbonyl (C=O) groups excluding carboxylic acids is 1. The molecule has 3 aromatic rings. The summed E-state index contributed by atoms with van der Waals surface area (Å²) < 4.78 is 27.3. The minimum absolute atomic E-state index is 0.164. The van der Waals surface area contributed by atoms with E-state index < -0.39 is 10.0 Å². The van der Waals surface area contributed by atoms with Gasteiger partial charge in [0.25, 0.3) is 15.9 Å². The second-order valence-corrected chi connectivity index (χ2v) is 9.76. The summed E-state index contributed by atoms with van der Waals surface area (Å²) in [6.07, 6.45) is 3.99. The van der Waals surface area contributed by atoms with Crippen molar-refractivity contribution in [2.24, 2.45) is 0 Å². The molecule has 0 bridgehead atoms. The summed E-state index contributed by atoms with van der Waals surface area (Å²) in [5.74, 6) is -0.331. The Bertz CT molecular complexity index is 1230. The predicted octanol–water partition coefficient (Wildman–Crippen LogP) is 4.55. The van der Waals surface area contributed by atoms with Gasteiger partial charge in [0.1, 0.15) is 11.1 Å². The fraction of sp³-hybridized carbons (Fsp3) is 0.182. The van der Waals surface area contributed by atoms with Gasteiger partial charge in [-0.05, 0) is 67.6 Å². The number of amides is 1. The number of aryl methyl sites for hydroxylation is 1. The summed E-state index contributed by atoms with van der Waals surface area (Å²) in [5, 5.41) is 13.0. The van der Waals surface area contributed by atoms with Gasteiger partial charge in [-0.25, -0.2) is 8.42 Å². The van der Waals surface area contributed by atoms with Gasteiger partial charge >= 0.3 is 0 Å². The van der Waals surface area contributed by atoms with Crippen LogP contribution in [0, 0.1) is 11.3 Å². The Morgan fingerprint density at radius 3 is 2.40 bits per heavy atom. The number of rotatable bonds is 5. The Hall–Kier alpha value is -3.15. The highest BCUT2D eigenvalue weighted by Gasteiger charge is 2.22. The summed E-state index contributed by atoms with van der Waals surface area (Å²) >= 11 is 1.47. The van der Waals surface area contributed by atoms with E-state index in [0.29, 0.717) is 21.8 Å². The SMILES string of the molecule is N#Cc1c(NC(=O)c2ccc(NS(=O)(=O)c3ccccc3)cc2)sc2c1CCCC2. The maximum atomic E-state index is 12.7. The Kier molecular flexibility index (Phi) is 5.57. The molecular weight excluding hydrogens is 418 g/mol. The van der Waals surface area contributed by atoms with Gasteiger partial charge < -0.3 is 5.32 Å². The third-order valence-electron chi connectivity index (χ3n) is 4.96. The first-order valence-electron chi connectivity index (χ1n) is 9.52. The number of nitriles is 1. The fourth-order valence-electron chi connectivity index (χ4n) is 3.45. The van der Waals surface area contributed by atoms with Gasteiger partial charge in [-0.3, -0.25) is 9.52 Å². The molecular formula is C22H19N3O3S2. The van der Waals surface area contributed by atoms with E-state index in [1.165, 1.54) is 28.3 Å². The van der Waals surface area contributed by atoms with Crippen LogP contribution in [0.4, 0.5) is 10.7 Å². The highest BCUT2D eigenvalue weighted by Crippen LogP contribution is 2.37. The highest BCUT2D eigenvalue weighted by atomic mass is 32.2. The number of sulfonamides is 1. The molecule has 2 N–H and O–H groups in total. The Balaban J connectivity index is 1.49.